The molecule has 0 saturated carbocycles. The summed E-state index contributed by atoms with van der Waals surface area (Å²) in [6, 6.07) is 8.46. The number of carbonyl (C=O) groups is 3. The SMILES string of the molecule is C=PCCC1OC(=O)N(C2C(=O)N(CC(=O)OC(C)(C)C)C2C=Cc2ccccc2)C1[P+](=C)C. The second-order valence-corrected chi connectivity index (χ2v) is 12.4. The Kier molecular flexibility index (Phi) is 8.33. The predicted octanol–water partition coefficient (Wildman–Crippen LogP) is 4.08. The van der Waals surface area contributed by atoms with Gasteiger partial charge in [-0.2, -0.15) is 0 Å². The molecule has 2 aliphatic heterocycles. The van der Waals surface area contributed by atoms with Crippen LogP contribution in [0, 0.1) is 0 Å². The summed E-state index contributed by atoms with van der Waals surface area (Å²) >= 11 is 0. The summed E-state index contributed by atoms with van der Waals surface area (Å²) in [5, 5.41) is 0. The summed E-state index contributed by atoms with van der Waals surface area (Å²) in [5.74, 6) is -1.04. The molecule has 3 rings (SSSR count). The Bertz CT molecular complexity index is 989. The summed E-state index contributed by atoms with van der Waals surface area (Å²) in [7, 11) is 0.128. The molecule has 0 N–H and O–H groups in total. The number of benzene rings is 1. The van der Waals surface area contributed by atoms with Crippen molar-refractivity contribution in [3.8, 4) is 0 Å². The van der Waals surface area contributed by atoms with Gasteiger partial charge in [0, 0.05) is 0 Å². The molecule has 2 saturated heterocycles. The molecule has 7 nitrogen and oxygen atoms in total. The maximum absolute atomic E-state index is 13.3. The number of rotatable bonds is 9. The molecule has 2 aliphatic rings. The average Bonchev–Trinajstić information content (AvgIpc) is 3.08. The van der Waals surface area contributed by atoms with Gasteiger partial charge in [-0.25, -0.2) is 9.69 Å². The van der Waals surface area contributed by atoms with Crippen LogP contribution in [0.4, 0.5) is 4.79 Å². The van der Waals surface area contributed by atoms with E-state index in [9.17, 15) is 14.4 Å². The average molecular weight is 503 g/mol. The van der Waals surface area contributed by atoms with Crippen LogP contribution in [0.25, 0.3) is 6.08 Å². The lowest BCUT2D eigenvalue weighted by Gasteiger charge is -2.48. The van der Waals surface area contributed by atoms with E-state index in [0.717, 1.165) is 19.9 Å². The van der Waals surface area contributed by atoms with Crippen LogP contribution in [0.1, 0.15) is 32.8 Å². The van der Waals surface area contributed by atoms with Crippen LogP contribution in [0.15, 0.2) is 36.4 Å². The summed E-state index contributed by atoms with van der Waals surface area (Å²) < 4.78 is 11.1. The van der Waals surface area contributed by atoms with Crippen molar-refractivity contribution in [2.24, 2.45) is 0 Å². The van der Waals surface area contributed by atoms with Gasteiger partial charge in [-0.3, -0.25) is 9.59 Å². The largest absolute Gasteiger partial charge is 0.459 e. The summed E-state index contributed by atoms with van der Waals surface area (Å²) in [5.41, 5.74) is 0.302. The van der Waals surface area contributed by atoms with Crippen molar-refractivity contribution in [2.45, 2.75) is 56.8 Å². The first-order valence-corrected chi connectivity index (χ1v) is 14.5. The molecule has 0 radical (unpaired) electrons. The van der Waals surface area contributed by atoms with E-state index < -0.39 is 37.3 Å². The lowest BCUT2D eigenvalue weighted by molar-refractivity contribution is -0.168. The molecule has 1 aromatic rings. The fourth-order valence-electron chi connectivity index (χ4n) is 4.25. The number of hydrogen-bond donors (Lipinski definition) is 0. The van der Waals surface area contributed by atoms with Crippen LogP contribution in [0.2, 0.25) is 0 Å². The molecule has 2 amide bonds. The minimum Gasteiger partial charge on any atom is -0.459 e. The lowest BCUT2D eigenvalue weighted by Crippen LogP contribution is -2.72. The van der Waals surface area contributed by atoms with E-state index in [2.05, 4.69) is 12.6 Å². The quantitative estimate of drug-likeness (QED) is 0.288. The van der Waals surface area contributed by atoms with E-state index in [-0.39, 0.29) is 24.3 Å². The van der Waals surface area contributed by atoms with Crippen molar-refractivity contribution in [2.75, 3.05) is 19.4 Å². The number of amides is 2. The van der Waals surface area contributed by atoms with Crippen molar-refractivity contribution < 1.29 is 23.9 Å². The van der Waals surface area contributed by atoms with E-state index in [1.807, 2.05) is 49.1 Å². The third-order valence-corrected chi connectivity index (χ3v) is 7.69. The van der Waals surface area contributed by atoms with Crippen molar-refractivity contribution in [1.29, 1.82) is 0 Å². The molecule has 5 atom stereocenters. The van der Waals surface area contributed by atoms with E-state index >= 15 is 0 Å². The molecule has 0 spiro atoms. The zero-order valence-electron chi connectivity index (χ0n) is 20.2. The maximum atomic E-state index is 13.3. The topological polar surface area (TPSA) is 76.2 Å². The first-order chi connectivity index (χ1) is 16.0. The van der Waals surface area contributed by atoms with Gasteiger partial charge in [-0.15, -0.1) is 8.20 Å². The molecule has 1 aromatic carbocycles. The molecule has 34 heavy (non-hydrogen) atoms. The number of hydrogen-bond acceptors (Lipinski definition) is 5. The lowest BCUT2D eigenvalue weighted by atomic mass is 9.92. The highest BCUT2D eigenvalue weighted by Crippen LogP contribution is 2.42. The summed E-state index contributed by atoms with van der Waals surface area (Å²) in [4.78, 5) is 41.8. The van der Waals surface area contributed by atoms with Crippen LogP contribution in [0.3, 0.4) is 0 Å². The van der Waals surface area contributed by atoms with Crippen LogP contribution in [0.5, 0.6) is 0 Å². The first-order valence-electron chi connectivity index (χ1n) is 11.2. The number of esters is 1. The Morgan fingerprint density at radius 1 is 1.26 bits per heavy atom. The number of carbonyl (C=O) groups excluding carboxylic acids is 3. The number of cyclic esters (lactones) is 1. The molecule has 2 heterocycles. The van der Waals surface area contributed by atoms with Crippen LogP contribution in [-0.4, -0.2) is 89.3 Å². The van der Waals surface area contributed by atoms with Gasteiger partial charge in [-0.05, 0) is 38.9 Å². The zero-order chi connectivity index (χ0) is 25.0. The third-order valence-electron chi connectivity index (χ3n) is 5.63. The molecule has 0 aliphatic carbocycles. The molecule has 0 aromatic heterocycles. The van der Waals surface area contributed by atoms with E-state index in [1.54, 1.807) is 25.7 Å². The highest BCUT2D eigenvalue weighted by molar-refractivity contribution is 7.55. The van der Waals surface area contributed by atoms with Gasteiger partial charge in [0.05, 0.1) is 19.0 Å². The monoisotopic (exact) mass is 503 g/mol. The number of nitrogens with zero attached hydrogens (tertiary/aromatic N) is 2. The molecule has 182 valence electrons. The molecular weight excluding hydrogens is 470 g/mol. The number of ether oxygens (including phenoxy) is 2. The standard InChI is InChI=1S/C25H33N2O5P2/c1-25(2,3)32-20(28)16-26-18(13-12-17-10-8-7-9-11-17)21(22(26)29)27-23(34(5)6)19(14-15-33-4)31-24(27)30/h7-13,18-19,21,23H,4-5,14-16H2,1-3,6H3/q+1. The normalized spacial score (nSPS) is 25.5. The van der Waals surface area contributed by atoms with E-state index in [4.69, 9.17) is 9.47 Å². The van der Waals surface area contributed by atoms with Crippen LogP contribution in [-0.2, 0) is 19.1 Å². The van der Waals surface area contributed by atoms with Crippen LogP contribution >= 0.6 is 15.7 Å². The predicted molar refractivity (Wildman–Crippen MR) is 140 cm³/mol. The van der Waals surface area contributed by atoms with Crippen molar-refractivity contribution >= 4 is 52.4 Å². The number of likely N-dealkylation sites (tertiary alicyclic amines) is 1. The minimum absolute atomic E-state index is 0.182. The Hall–Kier alpha value is -2.49. The smallest absolute Gasteiger partial charge is 0.414 e. The second kappa shape index (κ2) is 10.8. The highest BCUT2D eigenvalue weighted by Gasteiger charge is 2.60. The van der Waals surface area contributed by atoms with Crippen molar-refractivity contribution in [1.82, 2.24) is 9.80 Å². The van der Waals surface area contributed by atoms with Gasteiger partial charge in [0.1, 0.15) is 25.7 Å². The first kappa shape index (κ1) is 26.1. The molecule has 5 unspecified atom stereocenters. The van der Waals surface area contributed by atoms with Crippen LogP contribution < -0.4 is 0 Å². The van der Waals surface area contributed by atoms with E-state index in [1.165, 1.54) is 4.90 Å². The van der Waals surface area contributed by atoms with Gasteiger partial charge in [0.2, 0.25) is 11.7 Å². The van der Waals surface area contributed by atoms with Crippen molar-refractivity contribution in [3.63, 3.8) is 0 Å². The van der Waals surface area contributed by atoms with Gasteiger partial charge in [-0.1, -0.05) is 48.8 Å². The summed E-state index contributed by atoms with van der Waals surface area (Å²) in [6.45, 7) is 7.16. The Morgan fingerprint density at radius 2 is 1.94 bits per heavy atom. The third kappa shape index (κ3) is 5.95. The van der Waals surface area contributed by atoms with Gasteiger partial charge < -0.3 is 14.4 Å². The fourth-order valence-corrected chi connectivity index (χ4v) is 6.13. The second-order valence-electron chi connectivity index (χ2n) is 9.49. The molecule has 0 bridgehead atoms. The molecular formula is C25H33N2O5P2+. The Labute approximate surface area is 204 Å². The Morgan fingerprint density at radius 3 is 2.53 bits per heavy atom. The summed E-state index contributed by atoms with van der Waals surface area (Å²) in [6.07, 6.45) is 12.5. The number of β-lactam (4-membered cyclic amide) rings is 1. The molecule has 9 heteroatoms. The van der Waals surface area contributed by atoms with Gasteiger partial charge in [0.15, 0.2) is 6.10 Å². The zero-order valence-corrected chi connectivity index (χ0v) is 22.0. The Balaban J connectivity index is 1.89. The van der Waals surface area contributed by atoms with Gasteiger partial charge >= 0.3 is 12.1 Å². The van der Waals surface area contributed by atoms with Gasteiger partial charge in [0.25, 0.3) is 0 Å². The highest BCUT2D eigenvalue weighted by atomic mass is 31.1. The fraction of sp³-hybridized carbons (Fsp3) is 0.480. The maximum Gasteiger partial charge on any atom is 0.414 e. The van der Waals surface area contributed by atoms with Crippen molar-refractivity contribution in [3.05, 3.63) is 42.0 Å². The molecule has 2 fully saturated rings. The minimum atomic E-state index is -0.848. The van der Waals surface area contributed by atoms with E-state index in [0.29, 0.717) is 6.42 Å².